The van der Waals surface area contributed by atoms with Gasteiger partial charge in [0.2, 0.25) is 0 Å². The van der Waals surface area contributed by atoms with Crippen LogP contribution in [0.2, 0.25) is 0 Å². The lowest BCUT2D eigenvalue weighted by Crippen LogP contribution is -2.38. The summed E-state index contributed by atoms with van der Waals surface area (Å²) in [7, 11) is 0. The molecule has 0 radical (unpaired) electrons. The lowest BCUT2D eigenvalue weighted by molar-refractivity contribution is 0.0833. The number of hydrogen-bond acceptors (Lipinski definition) is 2. The molecule has 0 aromatic heterocycles. The first-order valence-electron chi connectivity index (χ1n) is 5.07. The SMILES string of the molecule is CCN(CC(O)C1CC1)C(C)C. The average molecular weight is 171 g/mol. The van der Waals surface area contributed by atoms with Gasteiger partial charge in [0.15, 0.2) is 0 Å². The summed E-state index contributed by atoms with van der Waals surface area (Å²) < 4.78 is 0. The summed E-state index contributed by atoms with van der Waals surface area (Å²) in [5.41, 5.74) is 0. The van der Waals surface area contributed by atoms with E-state index >= 15 is 0 Å². The molecule has 1 atom stereocenters. The Morgan fingerprint density at radius 3 is 2.33 bits per heavy atom. The third-order valence-electron chi connectivity index (χ3n) is 2.72. The normalized spacial score (nSPS) is 20.5. The quantitative estimate of drug-likeness (QED) is 0.677. The summed E-state index contributed by atoms with van der Waals surface area (Å²) >= 11 is 0. The zero-order chi connectivity index (χ0) is 9.14. The molecule has 1 rings (SSSR count). The van der Waals surface area contributed by atoms with Gasteiger partial charge < -0.3 is 5.11 Å². The van der Waals surface area contributed by atoms with E-state index in [0.717, 1.165) is 13.1 Å². The van der Waals surface area contributed by atoms with Crippen molar-refractivity contribution in [2.24, 2.45) is 5.92 Å². The van der Waals surface area contributed by atoms with Crippen molar-refractivity contribution in [1.29, 1.82) is 0 Å². The number of hydrogen-bond donors (Lipinski definition) is 1. The third-order valence-corrected chi connectivity index (χ3v) is 2.72. The molecule has 12 heavy (non-hydrogen) atoms. The molecule has 1 N–H and O–H groups in total. The molecule has 0 spiro atoms. The Morgan fingerprint density at radius 2 is 2.00 bits per heavy atom. The van der Waals surface area contributed by atoms with Crippen LogP contribution in [0.5, 0.6) is 0 Å². The molecular weight excluding hydrogens is 150 g/mol. The van der Waals surface area contributed by atoms with Crippen molar-refractivity contribution in [2.45, 2.75) is 45.8 Å². The van der Waals surface area contributed by atoms with E-state index < -0.39 is 0 Å². The molecule has 0 aromatic carbocycles. The largest absolute Gasteiger partial charge is 0.392 e. The van der Waals surface area contributed by atoms with Gasteiger partial charge in [-0.1, -0.05) is 6.92 Å². The van der Waals surface area contributed by atoms with Crippen LogP contribution in [0.15, 0.2) is 0 Å². The predicted octanol–water partition coefficient (Wildman–Crippen LogP) is 1.49. The Labute approximate surface area is 75.6 Å². The van der Waals surface area contributed by atoms with E-state index in [1.54, 1.807) is 0 Å². The van der Waals surface area contributed by atoms with Gasteiger partial charge in [-0.15, -0.1) is 0 Å². The molecule has 1 aliphatic rings. The highest BCUT2D eigenvalue weighted by molar-refractivity contribution is 4.83. The highest BCUT2D eigenvalue weighted by atomic mass is 16.3. The van der Waals surface area contributed by atoms with Crippen LogP contribution in [-0.2, 0) is 0 Å². The van der Waals surface area contributed by atoms with Gasteiger partial charge in [0.25, 0.3) is 0 Å². The minimum Gasteiger partial charge on any atom is -0.392 e. The molecule has 0 bridgehead atoms. The van der Waals surface area contributed by atoms with Crippen LogP contribution in [-0.4, -0.2) is 35.2 Å². The average Bonchev–Trinajstić information content (AvgIpc) is 2.80. The van der Waals surface area contributed by atoms with Crippen molar-refractivity contribution >= 4 is 0 Å². The molecule has 0 aliphatic heterocycles. The topological polar surface area (TPSA) is 23.5 Å². The Morgan fingerprint density at radius 1 is 1.42 bits per heavy atom. The van der Waals surface area contributed by atoms with Crippen molar-refractivity contribution in [1.82, 2.24) is 4.90 Å². The molecule has 1 unspecified atom stereocenters. The van der Waals surface area contributed by atoms with Crippen molar-refractivity contribution in [3.8, 4) is 0 Å². The minimum absolute atomic E-state index is 0.0765. The van der Waals surface area contributed by atoms with Crippen LogP contribution in [0, 0.1) is 5.92 Å². The maximum atomic E-state index is 9.70. The first kappa shape index (κ1) is 10.0. The molecule has 2 nitrogen and oxygen atoms in total. The molecule has 1 fully saturated rings. The second-order valence-corrected chi connectivity index (χ2v) is 4.09. The number of likely N-dealkylation sites (N-methyl/N-ethyl adjacent to an activating group) is 1. The Bertz CT molecular complexity index is 132. The standard InChI is InChI=1S/C10H21NO/c1-4-11(8(2)3)7-10(12)9-5-6-9/h8-10,12H,4-7H2,1-3H3. The number of aliphatic hydroxyl groups excluding tert-OH is 1. The summed E-state index contributed by atoms with van der Waals surface area (Å²) in [6.07, 6.45) is 2.39. The number of nitrogens with zero attached hydrogens (tertiary/aromatic N) is 1. The van der Waals surface area contributed by atoms with Crippen molar-refractivity contribution < 1.29 is 5.11 Å². The molecule has 1 saturated carbocycles. The van der Waals surface area contributed by atoms with Gasteiger partial charge in [-0.05, 0) is 39.2 Å². The van der Waals surface area contributed by atoms with Crippen molar-refractivity contribution in [2.75, 3.05) is 13.1 Å². The fourth-order valence-corrected chi connectivity index (χ4v) is 1.58. The van der Waals surface area contributed by atoms with E-state index in [-0.39, 0.29) is 6.10 Å². The Hall–Kier alpha value is -0.0800. The van der Waals surface area contributed by atoms with E-state index in [1.165, 1.54) is 12.8 Å². The van der Waals surface area contributed by atoms with E-state index in [9.17, 15) is 5.11 Å². The van der Waals surface area contributed by atoms with Gasteiger partial charge in [0, 0.05) is 12.6 Å². The highest BCUT2D eigenvalue weighted by Crippen LogP contribution is 2.32. The van der Waals surface area contributed by atoms with Crippen LogP contribution >= 0.6 is 0 Å². The second-order valence-electron chi connectivity index (χ2n) is 4.09. The Kier molecular flexibility index (Phi) is 3.53. The first-order valence-corrected chi connectivity index (χ1v) is 5.07. The predicted molar refractivity (Wildman–Crippen MR) is 51.1 cm³/mol. The molecule has 0 aromatic rings. The minimum atomic E-state index is -0.0765. The van der Waals surface area contributed by atoms with Crippen molar-refractivity contribution in [3.05, 3.63) is 0 Å². The molecular formula is C10H21NO. The van der Waals surface area contributed by atoms with Crippen LogP contribution < -0.4 is 0 Å². The molecule has 2 heteroatoms. The van der Waals surface area contributed by atoms with E-state index in [0.29, 0.717) is 12.0 Å². The molecule has 0 heterocycles. The maximum Gasteiger partial charge on any atom is 0.0695 e. The summed E-state index contributed by atoms with van der Waals surface area (Å²) in [4.78, 5) is 2.32. The summed E-state index contributed by atoms with van der Waals surface area (Å²) in [6, 6.07) is 0.559. The second kappa shape index (κ2) is 4.24. The van der Waals surface area contributed by atoms with Crippen LogP contribution in [0.3, 0.4) is 0 Å². The van der Waals surface area contributed by atoms with E-state index in [4.69, 9.17) is 0 Å². The first-order chi connectivity index (χ1) is 5.65. The van der Waals surface area contributed by atoms with Gasteiger partial charge in [0.05, 0.1) is 6.10 Å². The van der Waals surface area contributed by atoms with Gasteiger partial charge >= 0.3 is 0 Å². The van der Waals surface area contributed by atoms with Gasteiger partial charge in [-0.2, -0.15) is 0 Å². The van der Waals surface area contributed by atoms with Gasteiger partial charge in [-0.3, -0.25) is 4.90 Å². The zero-order valence-corrected chi connectivity index (χ0v) is 8.45. The summed E-state index contributed by atoms with van der Waals surface area (Å²) in [6.45, 7) is 8.42. The zero-order valence-electron chi connectivity index (χ0n) is 8.45. The highest BCUT2D eigenvalue weighted by Gasteiger charge is 2.30. The molecule has 72 valence electrons. The molecule has 1 aliphatic carbocycles. The maximum absolute atomic E-state index is 9.70. The number of rotatable bonds is 5. The lowest BCUT2D eigenvalue weighted by atomic mass is 10.2. The van der Waals surface area contributed by atoms with E-state index in [2.05, 4.69) is 25.7 Å². The summed E-state index contributed by atoms with van der Waals surface area (Å²) in [5.74, 6) is 0.609. The van der Waals surface area contributed by atoms with Crippen molar-refractivity contribution in [3.63, 3.8) is 0 Å². The smallest absolute Gasteiger partial charge is 0.0695 e. The monoisotopic (exact) mass is 171 g/mol. The lowest BCUT2D eigenvalue weighted by Gasteiger charge is -2.27. The Balaban J connectivity index is 2.25. The van der Waals surface area contributed by atoms with Crippen LogP contribution in [0.4, 0.5) is 0 Å². The fraction of sp³-hybridized carbons (Fsp3) is 1.00. The van der Waals surface area contributed by atoms with Gasteiger partial charge in [0.1, 0.15) is 0 Å². The molecule has 0 amide bonds. The van der Waals surface area contributed by atoms with E-state index in [1.807, 2.05) is 0 Å². The molecule has 0 saturated heterocycles. The number of aliphatic hydroxyl groups is 1. The third kappa shape index (κ3) is 2.76. The van der Waals surface area contributed by atoms with Gasteiger partial charge in [-0.25, -0.2) is 0 Å². The fourth-order valence-electron chi connectivity index (χ4n) is 1.58. The van der Waals surface area contributed by atoms with Crippen LogP contribution in [0.1, 0.15) is 33.6 Å². The van der Waals surface area contributed by atoms with Crippen LogP contribution in [0.25, 0.3) is 0 Å². The summed E-state index contributed by atoms with van der Waals surface area (Å²) in [5, 5.41) is 9.70.